The zero-order valence-corrected chi connectivity index (χ0v) is 36.5. The number of fused-ring (bicyclic) bond motifs is 14. The molecule has 0 amide bonds. The van der Waals surface area contributed by atoms with Gasteiger partial charge in [-0.05, 0) is 84.9 Å². The average molecular weight is 865 g/mol. The Bertz CT molecular complexity index is 4220. The molecule has 0 saturated heterocycles. The summed E-state index contributed by atoms with van der Waals surface area (Å²) in [4.78, 5) is 0. The molecule has 6 heteroatoms. The second kappa shape index (κ2) is 14.4. The summed E-state index contributed by atoms with van der Waals surface area (Å²) in [5, 5.41) is 30.5. The van der Waals surface area contributed by atoms with Crippen LogP contribution in [0.1, 0.15) is 11.1 Å². The van der Waals surface area contributed by atoms with Gasteiger partial charge in [0.15, 0.2) is 0 Å². The van der Waals surface area contributed by atoms with Gasteiger partial charge in [0.2, 0.25) is 0 Å². The first-order valence-electron chi connectivity index (χ1n) is 22.8. The summed E-state index contributed by atoms with van der Waals surface area (Å²) in [5.41, 5.74) is 15.2. The third kappa shape index (κ3) is 5.20. The Balaban J connectivity index is 1.16. The van der Waals surface area contributed by atoms with Crippen LogP contribution in [0, 0.1) is 22.7 Å². The highest BCUT2D eigenvalue weighted by Crippen LogP contribution is 2.47. The number of rotatable bonds is 5. The van der Waals surface area contributed by atoms with Crippen molar-refractivity contribution in [1.29, 1.82) is 10.5 Å². The maximum absolute atomic E-state index is 10.7. The van der Waals surface area contributed by atoms with Crippen LogP contribution in [-0.4, -0.2) is 18.3 Å². The monoisotopic (exact) mass is 864 g/mol. The highest BCUT2D eigenvalue weighted by molar-refractivity contribution is 6.25. The third-order valence-corrected chi connectivity index (χ3v) is 14.0. The van der Waals surface area contributed by atoms with Gasteiger partial charge in [0.25, 0.3) is 0 Å². The number of nitriles is 2. The molecule has 14 rings (SSSR count). The van der Waals surface area contributed by atoms with Crippen LogP contribution in [0.2, 0.25) is 0 Å². The molecule has 68 heavy (non-hydrogen) atoms. The summed E-state index contributed by atoms with van der Waals surface area (Å²) in [5.74, 6) is 0. The van der Waals surface area contributed by atoms with E-state index in [4.69, 9.17) is 0 Å². The van der Waals surface area contributed by atoms with Gasteiger partial charge in [0.05, 0.1) is 78.8 Å². The maximum atomic E-state index is 10.7. The first-order valence-corrected chi connectivity index (χ1v) is 22.8. The van der Waals surface area contributed by atoms with Gasteiger partial charge in [0.1, 0.15) is 0 Å². The fourth-order valence-electron chi connectivity index (χ4n) is 11.2. The minimum absolute atomic E-state index is 0.523. The van der Waals surface area contributed by atoms with Crippen molar-refractivity contribution in [2.45, 2.75) is 0 Å². The third-order valence-electron chi connectivity index (χ3n) is 14.0. The molecule has 0 atom stereocenters. The standard InChI is InChI=1S/C62H36N6/c63-37-39-27-33-57(67-55-25-13-9-21-45(55)49-31-29-47-43-19-7-11-23-53(43)65(59(47)61(49)67)41-15-3-1-4-16-41)51(35-39)52-36-40(38-64)28-34-58(52)68-56-26-14-10-22-46(56)50-32-30-48-44-20-8-12-24-54(44)66(60(48)62(50)68)42-17-5-2-6-18-42/h1-36H. The van der Waals surface area contributed by atoms with E-state index in [-0.39, 0.29) is 0 Å². The van der Waals surface area contributed by atoms with Gasteiger partial charge in [-0.1, -0.05) is 133 Å². The molecule has 4 aromatic heterocycles. The summed E-state index contributed by atoms with van der Waals surface area (Å²) in [6.07, 6.45) is 0. The van der Waals surface area contributed by atoms with Gasteiger partial charge in [-0.2, -0.15) is 10.5 Å². The number of aromatic nitrogens is 4. The van der Waals surface area contributed by atoms with Gasteiger partial charge in [-0.3, -0.25) is 0 Å². The van der Waals surface area contributed by atoms with Crippen LogP contribution in [0.5, 0.6) is 0 Å². The summed E-state index contributed by atoms with van der Waals surface area (Å²) < 4.78 is 9.56. The van der Waals surface area contributed by atoms with Crippen molar-refractivity contribution in [2.75, 3.05) is 0 Å². The van der Waals surface area contributed by atoms with Crippen LogP contribution < -0.4 is 0 Å². The fraction of sp³-hybridized carbons (Fsp3) is 0. The van der Waals surface area contributed by atoms with Gasteiger partial charge in [-0.15, -0.1) is 0 Å². The first kappa shape index (κ1) is 37.7. The van der Waals surface area contributed by atoms with E-state index >= 15 is 0 Å². The lowest BCUT2D eigenvalue weighted by atomic mass is 9.97. The van der Waals surface area contributed by atoms with E-state index in [0.717, 1.165) is 110 Å². The highest BCUT2D eigenvalue weighted by atomic mass is 15.1. The van der Waals surface area contributed by atoms with Gasteiger partial charge in [0, 0.05) is 65.6 Å². The van der Waals surface area contributed by atoms with Crippen LogP contribution in [0.3, 0.4) is 0 Å². The summed E-state index contributed by atoms with van der Waals surface area (Å²) in [6, 6.07) is 81.7. The average Bonchev–Trinajstić information content (AvgIpc) is 4.14. The number of hydrogen-bond acceptors (Lipinski definition) is 2. The molecule has 0 aliphatic heterocycles. The molecule has 0 saturated carbocycles. The van der Waals surface area contributed by atoms with Crippen LogP contribution in [-0.2, 0) is 0 Å². The van der Waals surface area contributed by atoms with Crippen molar-refractivity contribution in [3.8, 4) is 46.0 Å². The van der Waals surface area contributed by atoms with E-state index < -0.39 is 0 Å². The molecule has 0 fully saturated rings. The Morgan fingerprint density at radius 3 is 0.897 bits per heavy atom. The summed E-state index contributed by atoms with van der Waals surface area (Å²) >= 11 is 0. The van der Waals surface area contributed by atoms with Crippen molar-refractivity contribution in [1.82, 2.24) is 18.3 Å². The Kier molecular flexibility index (Phi) is 8.01. The largest absolute Gasteiger partial charge is 0.307 e. The molecule has 0 N–H and O–H groups in total. The van der Waals surface area contributed by atoms with Gasteiger partial charge < -0.3 is 18.3 Å². The summed E-state index contributed by atoms with van der Waals surface area (Å²) in [6.45, 7) is 0. The molecule has 14 aromatic rings. The second-order valence-corrected chi connectivity index (χ2v) is 17.5. The van der Waals surface area contributed by atoms with Crippen molar-refractivity contribution in [3.05, 3.63) is 230 Å². The lowest BCUT2D eigenvalue weighted by Gasteiger charge is -2.20. The maximum Gasteiger partial charge on any atom is 0.0991 e. The second-order valence-electron chi connectivity index (χ2n) is 17.5. The van der Waals surface area contributed by atoms with E-state index in [2.05, 4.69) is 225 Å². The van der Waals surface area contributed by atoms with E-state index in [1.165, 1.54) is 10.8 Å². The van der Waals surface area contributed by atoms with E-state index in [1.807, 2.05) is 24.3 Å². The summed E-state index contributed by atoms with van der Waals surface area (Å²) in [7, 11) is 0. The first-order chi connectivity index (χ1) is 33.7. The minimum Gasteiger partial charge on any atom is -0.307 e. The Hall–Kier alpha value is -9.62. The Morgan fingerprint density at radius 2 is 0.559 bits per heavy atom. The van der Waals surface area contributed by atoms with Crippen molar-refractivity contribution in [2.24, 2.45) is 0 Å². The van der Waals surface area contributed by atoms with E-state index in [1.54, 1.807) is 0 Å². The zero-order chi connectivity index (χ0) is 45.0. The minimum atomic E-state index is 0.523. The molecule has 314 valence electrons. The normalized spacial score (nSPS) is 11.8. The molecular weight excluding hydrogens is 829 g/mol. The predicted molar refractivity (Wildman–Crippen MR) is 279 cm³/mol. The van der Waals surface area contributed by atoms with E-state index in [0.29, 0.717) is 11.1 Å². The number of nitrogens with zero attached hydrogens (tertiary/aromatic N) is 6. The fourth-order valence-corrected chi connectivity index (χ4v) is 11.2. The van der Waals surface area contributed by atoms with Crippen molar-refractivity contribution >= 4 is 87.2 Å². The van der Waals surface area contributed by atoms with Crippen molar-refractivity contribution < 1.29 is 0 Å². The van der Waals surface area contributed by atoms with Crippen LogP contribution in [0.25, 0.3) is 121 Å². The van der Waals surface area contributed by atoms with Gasteiger partial charge >= 0.3 is 0 Å². The molecule has 10 aromatic carbocycles. The molecule has 4 heterocycles. The lowest BCUT2D eigenvalue weighted by Crippen LogP contribution is -2.04. The molecule has 0 bridgehead atoms. The Morgan fingerprint density at radius 1 is 0.265 bits per heavy atom. The molecular formula is C62H36N6. The molecule has 0 aliphatic rings. The Labute approximate surface area is 389 Å². The highest BCUT2D eigenvalue weighted by Gasteiger charge is 2.26. The predicted octanol–water partition coefficient (Wildman–Crippen LogP) is 15.5. The number of benzene rings is 10. The lowest BCUT2D eigenvalue weighted by molar-refractivity contribution is 1.14. The SMILES string of the molecule is N#Cc1ccc(-n2c3ccccc3c3ccc4c5ccccc5n(-c5ccccc5)c4c32)c(-c2cc(C#N)ccc2-n2c3ccccc3c3ccc4c5ccccc5n(-c5ccccc5)c4c32)c1. The molecule has 0 spiro atoms. The number of hydrogen-bond donors (Lipinski definition) is 0. The van der Waals surface area contributed by atoms with Crippen molar-refractivity contribution in [3.63, 3.8) is 0 Å². The molecule has 0 unspecified atom stereocenters. The smallest absolute Gasteiger partial charge is 0.0991 e. The molecule has 6 nitrogen and oxygen atoms in total. The topological polar surface area (TPSA) is 67.3 Å². The molecule has 0 aliphatic carbocycles. The van der Waals surface area contributed by atoms with Crippen LogP contribution >= 0.6 is 0 Å². The number of para-hydroxylation sites is 6. The van der Waals surface area contributed by atoms with Gasteiger partial charge in [-0.25, -0.2) is 0 Å². The zero-order valence-electron chi connectivity index (χ0n) is 36.5. The van der Waals surface area contributed by atoms with Crippen LogP contribution in [0.4, 0.5) is 0 Å². The van der Waals surface area contributed by atoms with Crippen LogP contribution in [0.15, 0.2) is 218 Å². The van der Waals surface area contributed by atoms with E-state index in [9.17, 15) is 10.5 Å². The molecule has 0 radical (unpaired) electrons. The quantitative estimate of drug-likeness (QED) is 0.173.